The molecule has 0 radical (unpaired) electrons. The number of allylic oxidation sites excluding steroid dienone is 5. The molecule has 0 amide bonds. The third-order valence-electron chi connectivity index (χ3n) is 6.55. The summed E-state index contributed by atoms with van der Waals surface area (Å²) in [6.45, 7) is 7.76. The average molecular weight is 353 g/mol. The molecule has 3 aliphatic rings. The van der Waals surface area contributed by atoms with Crippen LogP contribution in [0.15, 0.2) is 34.9 Å². The Kier molecular flexibility index (Phi) is 3.88. The van der Waals surface area contributed by atoms with Crippen molar-refractivity contribution in [1.82, 2.24) is 0 Å². The van der Waals surface area contributed by atoms with Crippen molar-refractivity contribution in [3.8, 4) is 6.07 Å². The Morgan fingerprint density at radius 2 is 1.88 bits per heavy atom. The molecule has 0 N–H and O–H groups in total. The average Bonchev–Trinajstić information content (AvgIpc) is 2.58. The molecule has 1 unspecified atom stereocenters. The fourth-order valence-corrected chi connectivity index (χ4v) is 5.26. The molecular weight excluding hydrogens is 330 g/mol. The summed E-state index contributed by atoms with van der Waals surface area (Å²) in [6, 6.07) is 2.03. The highest BCUT2D eigenvalue weighted by Gasteiger charge is 2.58. The van der Waals surface area contributed by atoms with Crippen LogP contribution in [-0.4, -0.2) is 24.6 Å². The van der Waals surface area contributed by atoms with E-state index in [9.17, 15) is 19.6 Å². The number of Topliss-reactive ketones (excluding diaryl/α,β-unsaturated/α-hetero) is 1. The number of methoxy groups -OCH3 is 1. The van der Waals surface area contributed by atoms with E-state index in [2.05, 4.69) is 0 Å². The van der Waals surface area contributed by atoms with Gasteiger partial charge in [-0.15, -0.1) is 0 Å². The first-order chi connectivity index (χ1) is 12.0. The number of carbonyl (C=O) groups is 3. The third-order valence-corrected chi connectivity index (χ3v) is 6.55. The summed E-state index contributed by atoms with van der Waals surface area (Å²) in [4.78, 5) is 37.3. The van der Waals surface area contributed by atoms with Crippen LogP contribution in [0.1, 0.15) is 40.5 Å². The van der Waals surface area contributed by atoms with E-state index in [1.165, 1.54) is 13.2 Å². The second kappa shape index (κ2) is 5.51. The van der Waals surface area contributed by atoms with Crippen LogP contribution in [0, 0.1) is 33.5 Å². The molecule has 0 aromatic carbocycles. The fraction of sp³-hybridized carbons (Fsp3) is 0.524. The summed E-state index contributed by atoms with van der Waals surface area (Å²) in [5, 5.41) is 9.46. The lowest BCUT2D eigenvalue weighted by atomic mass is 9.45. The second-order valence-corrected chi connectivity index (χ2v) is 8.48. The molecule has 0 aliphatic heterocycles. The molecule has 26 heavy (non-hydrogen) atoms. The van der Waals surface area contributed by atoms with E-state index in [-0.39, 0.29) is 28.6 Å². The van der Waals surface area contributed by atoms with E-state index in [4.69, 9.17) is 4.74 Å². The molecule has 0 bridgehead atoms. The van der Waals surface area contributed by atoms with Crippen molar-refractivity contribution in [3.63, 3.8) is 0 Å². The third kappa shape index (κ3) is 2.25. The smallest absolute Gasteiger partial charge is 0.341 e. The van der Waals surface area contributed by atoms with E-state index < -0.39 is 22.2 Å². The highest BCUT2D eigenvalue weighted by Crippen LogP contribution is 2.63. The van der Waals surface area contributed by atoms with Crippen molar-refractivity contribution in [2.75, 3.05) is 7.11 Å². The van der Waals surface area contributed by atoms with E-state index in [0.29, 0.717) is 0 Å². The van der Waals surface area contributed by atoms with E-state index in [1.54, 1.807) is 12.2 Å². The molecule has 1 saturated carbocycles. The lowest BCUT2D eigenvalue weighted by molar-refractivity contribution is -0.137. The molecule has 1 fully saturated rings. The van der Waals surface area contributed by atoms with Crippen molar-refractivity contribution < 1.29 is 19.1 Å². The van der Waals surface area contributed by atoms with Gasteiger partial charge in [-0.25, -0.2) is 4.79 Å². The molecule has 5 heteroatoms. The van der Waals surface area contributed by atoms with Gasteiger partial charge in [0.2, 0.25) is 0 Å². The van der Waals surface area contributed by atoms with E-state index >= 15 is 0 Å². The van der Waals surface area contributed by atoms with Crippen LogP contribution in [0.5, 0.6) is 0 Å². The Hall–Kier alpha value is -2.48. The molecule has 0 heterocycles. The van der Waals surface area contributed by atoms with Gasteiger partial charge in [0.05, 0.1) is 12.7 Å². The van der Waals surface area contributed by atoms with Gasteiger partial charge in [-0.05, 0) is 30.4 Å². The minimum Gasteiger partial charge on any atom is -0.465 e. The van der Waals surface area contributed by atoms with Crippen LogP contribution < -0.4 is 0 Å². The monoisotopic (exact) mass is 353 g/mol. The molecule has 3 rings (SSSR count). The Morgan fingerprint density at radius 3 is 2.46 bits per heavy atom. The summed E-state index contributed by atoms with van der Waals surface area (Å²) in [7, 11) is 1.26. The maximum Gasteiger partial charge on any atom is 0.341 e. The van der Waals surface area contributed by atoms with Crippen LogP contribution in [-0.2, 0) is 19.1 Å². The van der Waals surface area contributed by atoms with Crippen LogP contribution in [0.2, 0.25) is 0 Å². The van der Waals surface area contributed by atoms with Gasteiger partial charge in [0.25, 0.3) is 0 Å². The van der Waals surface area contributed by atoms with Gasteiger partial charge in [-0.1, -0.05) is 39.8 Å². The van der Waals surface area contributed by atoms with Crippen molar-refractivity contribution in [2.24, 2.45) is 22.2 Å². The molecule has 136 valence electrons. The number of fused-ring (bicyclic) bond motifs is 3. The van der Waals surface area contributed by atoms with Gasteiger partial charge < -0.3 is 4.74 Å². The summed E-state index contributed by atoms with van der Waals surface area (Å²) < 4.78 is 4.74. The maximum atomic E-state index is 12.7. The quantitative estimate of drug-likeness (QED) is 0.534. The van der Waals surface area contributed by atoms with Gasteiger partial charge in [0, 0.05) is 16.2 Å². The number of hydrogen-bond acceptors (Lipinski definition) is 5. The second-order valence-electron chi connectivity index (χ2n) is 8.48. The number of rotatable bonds is 1. The molecule has 0 spiro atoms. The van der Waals surface area contributed by atoms with Crippen molar-refractivity contribution in [1.29, 1.82) is 5.26 Å². The Bertz CT molecular complexity index is 867. The fourth-order valence-electron chi connectivity index (χ4n) is 5.26. The standard InChI is InChI=1S/C21H23NO4/c1-19(2)15-6-7-20(3)10-13(18(25)26-5)14(23)8-16(20)21(15,4)9-12(11-22)17(19)24/h8-10,15H,6-7H2,1-5H3/t15-,20?,21-/m0/s1. The summed E-state index contributed by atoms with van der Waals surface area (Å²) in [6.07, 6.45) is 6.45. The van der Waals surface area contributed by atoms with E-state index in [1.807, 2.05) is 33.8 Å². The highest BCUT2D eigenvalue weighted by atomic mass is 16.5. The summed E-state index contributed by atoms with van der Waals surface area (Å²) in [5.74, 6) is -1.17. The zero-order valence-corrected chi connectivity index (χ0v) is 15.8. The van der Waals surface area contributed by atoms with Crippen LogP contribution >= 0.6 is 0 Å². The number of nitrogens with zero attached hydrogens (tertiary/aromatic N) is 1. The molecule has 0 aromatic rings. The molecule has 3 atom stereocenters. The van der Waals surface area contributed by atoms with Crippen molar-refractivity contribution in [3.05, 3.63) is 34.9 Å². The molecule has 0 aromatic heterocycles. The summed E-state index contributed by atoms with van der Waals surface area (Å²) in [5.41, 5.74) is -0.705. The topological polar surface area (TPSA) is 84.2 Å². The maximum absolute atomic E-state index is 12.7. The Morgan fingerprint density at radius 1 is 1.23 bits per heavy atom. The minimum absolute atomic E-state index is 0.0141. The predicted octanol–water partition coefficient (Wildman–Crippen LogP) is 3.08. The number of ether oxygens (including phenoxy) is 1. The van der Waals surface area contributed by atoms with Crippen molar-refractivity contribution in [2.45, 2.75) is 40.5 Å². The number of ketones is 2. The Balaban J connectivity index is 2.21. The van der Waals surface area contributed by atoms with Crippen LogP contribution in [0.4, 0.5) is 0 Å². The van der Waals surface area contributed by atoms with Crippen LogP contribution in [0.3, 0.4) is 0 Å². The predicted molar refractivity (Wildman–Crippen MR) is 94.6 cm³/mol. The first-order valence-corrected chi connectivity index (χ1v) is 8.77. The van der Waals surface area contributed by atoms with Gasteiger partial charge in [0.1, 0.15) is 11.6 Å². The SMILES string of the molecule is COC(=O)C1=CC2(C)CC[C@H]3C(C)(C)C(=O)C(C#N)=C[C@]3(C)C2=CC1=O. The molecular formula is C21H23NO4. The lowest BCUT2D eigenvalue weighted by Gasteiger charge is -2.57. The van der Waals surface area contributed by atoms with Gasteiger partial charge >= 0.3 is 5.97 Å². The number of nitriles is 1. The number of carbonyl (C=O) groups excluding carboxylic acids is 3. The van der Waals surface area contributed by atoms with Crippen LogP contribution in [0.25, 0.3) is 0 Å². The van der Waals surface area contributed by atoms with Gasteiger partial charge in [-0.2, -0.15) is 5.26 Å². The molecule has 3 aliphatic carbocycles. The zero-order valence-electron chi connectivity index (χ0n) is 15.8. The Labute approximate surface area is 153 Å². The normalized spacial score (nSPS) is 35.2. The lowest BCUT2D eigenvalue weighted by Crippen LogP contribution is -2.53. The largest absolute Gasteiger partial charge is 0.465 e. The first-order valence-electron chi connectivity index (χ1n) is 8.77. The van der Waals surface area contributed by atoms with Gasteiger partial charge in [0.15, 0.2) is 11.6 Å². The summed E-state index contributed by atoms with van der Waals surface area (Å²) >= 11 is 0. The van der Waals surface area contributed by atoms with E-state index in [0.717, 1.165) is 18.4 Å². The zero-order chi connectivity index (χ0) is 19.5. The van der Waals surface area contributed by atoms with Gasteiger partial charge in [-0.3, -0.25) is 9.59 Å². The minimum atomic E-state index is -0.688. The number of hydrogen-bond donors (Lipinski definition) is 0. The number of esters is 1. The van der Waals surface area contributed by atoms with Crippen molar-refractivity contribution >= 4 is 17.5 Å². The molecule has 5 nitrogen and oxygen atoms in total. The molecule has 0 saturated heterocycles. The highest BCUT2D eigenvalue weighted by molar-refractivity contribution is 6.23. The first kappa shape index (κ1) is 18.3.